The number of rotatable bonds is 3. The summed E-state index contributed by atoms with van der Waals surface area (Å²) < 4.78 is 0. The lowest BCUT2D eigenvalue weighted by Gasteiger charge is -2.10. The molecule has 0 unspecified atom stereocenters. The highest BCUT2D eigenvalue weighted by molar-refractivity contribution is 6.34. The molecule has 2 aromatic carbocycles. The van der Waals surface area contributed by atoms with Gasteiger partial charge in [-0.2, -0.15) is 0 Å². The van der Waals surface area contributed by atoms with Crippen molar-refractivity contribution in [2.75, 3.05) is 16.0 Å². The molecule has 21 heavy (non-hydrogen) atoms. The molecule has 0 aliphatic rings. The van der Waals surface area contributed by atoms with Gasteiger partial charge in [-0.1, -0.05) is 29.8 Å². The third kappa shape index (κ3) is 4.39. The smallest absolute Gasteiger partial charge is 0.409 e. The van der Waals surface area contributed by atoms with Gasteiger partial charge in [0.1, 0.15) is 0 Å². The van der Waals surface area contributed by atoms with E-state index in [-0.39, 0.29) is 0 Å². The summed E-state index contributed by atoms with van der Waals surface area (Å²) in [7, 11) is 0. The van der Waals surface area contributed by atoms with Gasteiger partial charge in [-0.05, 0) is 30.3 Å². The van der Waals surface area contributed by atoms with Crippen molar-refractivity contribution < 1.29 is 14.7 Å². The van der Waals surface area contributed by atoms with E-state index in [2.05, 4.69) is 16.0 Å². The molecule has 0 aromatic heterocycles. The van der Waals surface area contributed by atoms with Crippen molar-refractivity contribution >= 4 is 40.8 Å². The van der Waals surface area contributed by atoms with Crippen molar-refractivity contribution in [2.45, 2.75) is 0 Å². The maximum Gasteiger partial charge on any atom is 0.409 e. The predicted molar refractivity (Wildman–Crippen MR) is 82.2 cm³/mol. The first-order chi connectivity index (χ1) is 10.0. The molecule has 4 N–H and O–H groups in total. The van der Waals surface area contributed by atoms with Gasteiger partial charge in [-0.15, -0.1) is 0 Å². The minimum atomic E-state index is -1.20. The van der Waals surface area contributed by atoms with E-state index in [0.717, 1.165) is 0 Å². The molecule has 2 aromatic rings. The van der Waals surface area contributed by atoms with Gasteiger partial charge in [0.15, 0.2) is 0 Å². The Morgan fingerprint density at radius 3 is 2.29 bits per heavy atom. The molecule has 0 heterocycles. The Hall–Kier alpha value is -2.73. The molecule has 2 rings (SSSR count). The lowest BCUT2D eigenvalue weighted by molar-refractivity contribution is 0.209. The Balaban J connectivity index is 2.07. The van der Waals surface area contributed by atoms with Gasteiger partial charge in [0, 0.05) is 11.4 Å². The molecular weight excluding hydrogens is 294 g/mol. The van der Waals surface area contributed by atoms with E-state index < -0.39 is 12.1 Å². The van der Waals surface area contributed by atoms with Gasteiger partial charge in [0.2, 0.25) is 0 Å². The van der Waals surface area contributed by atoms with Crippen LogP contribution in [0, 0.1) is 0 Å². The van der Waals surface area contributed by atoms with Crippen molar-refractivity contribution in [1.29, 1.82) is 0 Å². The fourth-order valence-corrected chi connectivity index (χ4v) is 1.79. The predicted octanol–water partition coefficient (Wildman–Crippen LogP) is 4.07. The van der Waals surface area contributed by atoms with E-state index in [1.807, 2.05) is 6.07 Å². The lowest BCUT2D eigenvalue weighted by atomic mass is 10.2. The summed E-state index contributed by atoms with van der Waals surface area (Å²) >= 11 is 5.96. The third-order valence-corrected chi connectivity index (χ3v) is 2.83. The second kappa shape index (κ2) is 6.62. The maximum absolute atomic E-state index is 11.8. The third-order valence-electron chi connectivity index (χ3n) is 2.50. The van der Waals surface area contributed by atoms with E-state index in [0.29, 0.717) is 22.1 Å². The number of nitrogens with one attached hydrogen (secondary N) is 3. The second-order valence-corrected chi connectivity index (χ2v) is 4.48. The highest BCUT2D eigenvalue weighted by atomic mass is 35.5. The molecule has 108 valence electrons. The van der Waals surface area contributed by atoms with Gasteiger partial charge in [-0.3, -0.25) is 5.32 Å². The van der Waals surface area contributed by atoms with Gasteiger partial charge < -0.3 is 15.7 Å². The highest BCUT2D eigenvalue weighted by Crippen LogP contribution is 2.25. The number of anilines is 3. The van der Waals surface area contributed by atoms with Gasteiger partial charge in [0.25, 0.3) is 0 Å². The minimum Gasteiger partial charge on any atom is -0.465 e. The van der Waals surface area contributed by atoms with Gasteiger partial charge in [-0.25, -0.2) is 9.59 Å². The van der Waals surface area contributed by atoms with Crippen LogP contribution in [-0.2, 0) is 0 Å². The minimum absolute atomic E-state index is 0.300. The number of amides is 3. The van der Waals surface area contributed by atoms with Crippen LogP contribution < -0.4 is 16.0 Å². The first-order valence-corrected chi connectivity index (χ1v) is 6.35. The topological polar surface area (TPSA) is 90.5 Å². The Morgan fingerprint density at radius 1 is 0.905 bits per heavy atom. The van der Waals surface area contributed by atoms with Crippen molar-refractivity contribution in [3.05, 3.63) is 53.6 Å². The first kappa shape index (κ1) is 14.7. The van der Waals surface area contributed by atoms with Crippen molar-refractivity contribution in [1.82, 2.24) is 0 Å². The molecule has 0 aliphatic carbocycles. The normalized spacial score (nSPS) is 9.76. The number of halogens is 1. The van der Waals surface area contributed by atoms with Gasteiger partial charge in [0.05, 0.1) is 10.7 Å². The molecule has 0 saturated heterocycles. The van der Waals surface area contributed by atoms with Crippen molar-refractivity contribution in [3.8, 4) is 0 Å². The fraction of sp³-hybridized carbons (Fsp3) is 0. The molecule has 0 radical (unpaired) electrons. The van der Waals surface area contributed by atoms with E-state index in [1.54, 1.807) is 24.3 Å². The molecule has 0 spiro atoms. The monoisotopic (exact) mass is 305 g/mol. The molecule has 0 bridgehead atoms. The number of hydrogen-bond acceptors (Lipinski definition) is 2. The molecule has 3 amide bonds. The van der Waals surface area contributed by atoms with Crippen LogP contribution in [0.5, 0.6) is 0 Å². The Bertz CT molecular complexity index is 662. The number of carbonyl (C=O) groups is 2. The van der Waals surface area contributed by atoms with Crippen LogP contribution in [0.4, 0.5) is 26.7 Å². The van der Waals surface area contributed by atoms with Crippen LogP contribution in [0.1, 0.15) is 0 Å². The standard InChI is InChI=1S/C14H12ClN3O3/c15-11-7-6-10(17-14(20)21)8-12(11)18-13(19)16-9-4-2-1-3-5-9/h1-8,17H,(H,20,21)(H2,16,18,19). The number of urea groups is 1. The SMILES string of the molecule is O=C(O)Nc1ccc(Cl)c(NC(=O)Nc2ccccc2)c1. The number of carbonyl (C=O) groups excluding carboxylic acids is 1. The second-order valence-electron chi connectivity index (χ2n) is 4.07. The summed E-state index contributed by atoms with van der Waals surface area (Å²) in [5, 5.41) is 16.3. The Labute approximate surface area is 125 Å². The molecular formula is C14H12ClN3O3. The van der Waals surface area contributed by atoms with Crippen LogP contribution in [0.25, 0.3) is 0 Å². The molecule has 0 atom stereocenters. The number of benzene rings is 2. The summed E-state index contributed by atoms with van der Waals surface area (Å²) in [6.45, 7) is 0. The van der Waals surface area contributed by atoms with Crippen LogP contribution in [-0.4, -0.2) is 17.2 Å². The average Bonchev–Trinajstić information content (AvgIpc) is 2.43. The molecule has 0 aliphatic heterocycles. The fourth-order valence-electron chi connectivity index (χ4n) is 1.63. The van der Waals surface area contributed by atoms with E-state index in [1.165, 1.54) is 18.2 Å². The number of carboxylic acid groups (broad SMARTS) is 1. The Kier molecular flexibility index (Phi) is 4.63. The molecule has 7 heteroatoms. The molecule has 0 saturated carbocycles. The number of hydrogen-bond donors (Lipinski definition) is 4. The largest absolute Gasteiger partial charge is 0.465 e. The van der Waals surface area contributed by atoms with Crippen molar-refractivity contribution in [2.24, 2.45) is 0 Å². The summed E-state index contributed by atoms with van der Waals surface area (Å²) in [5.74, 6) is 0. The van der Waals surface area contributed by atoms with E-state index in [4.69, 9.17) is 16.7 Å². The average molecular weight is 306 g/mol. The summed E-state index contributed by atoms with van der Waals surface area (Å²) in [5.41, 5.74) is 1.24. The molecule has 0 fully saturated rings. The first-order valence-electron chi connectivity index (χ1n) is 5.97. The van der Waals surface area contributed by atoms with E-state index in [9.17, 15) is 9.59 Å². The molecule has 6 nitrogen and oxygen atoms in total. The van der Waals surface area contributed by atoms with Crippen LogP contribution in [0.2, 0.25) is 5.02 Å². The van der Waals surface area contributed by atoms with Crippen LogP contribution in [0.3, 0.4) is 0 Å². The Morgan fingerprint density at radius 2 is 1.62 bits per heavy atom. The summed E-state index contributed by atoms with van der Waals surface area (Å²) in [4.78, 5) is 22.4. The zero-order valence-electron chi connectivity index (χ0n) is 10.8. The summed E-state index contributed by atoms with van der Waals surface area (Å²) in [6, 6.07) is 12.8. The van der Waals surface area contributed by atoms with E-state index >= 15 is 0 Å². The van der Waals surface area contributed by atoms with Crippen LogP contribution >= 0.6 is 11.6 Å². The van der Waals surface area contributed by atoms with Gasteiger partial charge >= 0.3 is 12.1 Å². The maximum atomic E-state index is 11.8. The van der Waals surface area contributed by atoms with Crippen molar-refractivity contribution in [3.63, 3.8) is 0 Å². The lowest BCUT2D eigenvalue weighted by Crippen LogP contribution is -2.19. The quantitative estimate of drug-likeness (QED) is 0.689. The summed E-state index contributed by atoms with van der Waals surface area (Å²) in [6.07, 6.45) is -1.20. The zero-order chi connectivity index (χ0) is 15.2. The van der Waals surface area contributed by atoms with Crippen LogP contribution in [0.15, 0.2) is 48.5 Å². The highest BCUT2D eigenvalue weighted by Gasteiger charge is 2.08. The number of para-hydroxylation sites is 1. The zero-order valence-corrected chi connectivity index (χ0v) is 11.5.